The average Bonchev–Trinajstić information content (AvgIpc) is 3.39. The van der Waals surface area contributed by atoms with Crippen molar-refractivity contribution < 1.29 is 4.74 Å². The van der Waals surface area contributed by atoms with Gasteiger partial charge in [-0.05, 0) is 48.5 Å². The molecule has 0 amide bonds. The van der Waals surface area contributed by atoms with E-state index in [1.165, 1.54) is 19.3 Å². The Balaban J connectivity index is 1.88. The van der Waals surface area contributed by atoms with E-state index in [4.69, 9.17) is 15.5 Å². The number of aliphatic imine (C=N–C) groups is 1. The first kappa shape index (κ1) is 24.8. The molecule has 32 heavy (non-hydrogen) atoms. The largest absolute Gasteiger partial charge is 0.494 e. The summed E-state index contributed by atoms with van der Waals surface area (Å²) in [6.07, 6.45) is 6.62. The fourth-order valence-electron chi connectivity index (χ4n) is 4.81. The highest BCUT2D eigenvalue weighted by molar-refractivity contribution is 8.18. The van der Waals surface area contributed by atoms with E-state index in [0.29, 0.717) is 12.4 Å². The van der Waals surface area contributed by atoms with Gasteiger partial charge in [-0.25, -0.2) is 4.99 Å². The Hall–Kier alpha value is -1.83. The topological polar surface area (TPSA) is 95.2 Å². The van der Waals surface area contributed by atoms with Crippen molar-refractivity contribution in [2.45, 2.75) is 69.4 Å². The molecule has 172 valence electrons. The molecule has 0 aromatic heterocycles. The first-order valence-electron chi connectivity index (χ1n) is 11.7. The maximum atomic E-state index is 10.5. The van der Waals surface area contributed by atoms with Gasteiger partial charge in [-0.3, -0.25) is 0 Å². The van der Waals surface area contributed by atoms with Gasteiger partial charge in [0, 0.05) is 5.92 Å². The molecule has 7 heteroatoms. The minimum absolute atomic E-state index is 0.283. The molecule has 1 fully saturated rings. The second-order valence-corrected chi connectivity index (χ2v) is 11.4. The summed E-state index contributed by atoms with van der Waals surface area (Å²) >= 11 is 3.36. The van der Waals surface area contributed by atoms with E-state index < -0.39 is 15.0 Å². The number of benzene rings is 1. The van der Waals surface area contributed by atoms with Crippen LogP contribution < -0.4 is 10.5 Å². The number of unbranched alkanes of at least 4 members (excludes halogenated alkanes) is 3. The third kappa shape index (κ3) is 3.78. The second-order valence-electron chi connectivity index (χ2n) is 8.53. The molecule has 0 spiro atoms. The van der Waals surface area contributed by atoms with E-state index in [0.717, 1.165) is 42.1 Å². The van der Waals surface area contributed by atoms with Crippen LogP contribution in [0.25, 0.3) is 0 Å². The molecule has 1 aromatic rings. The van der Waals surface area contributed by atoms with E-state index >= 15 is 0 Å². The molecule has 1 aliphatic carbocycles. The van der Waals surface area contributed by atoms with E-state index in [1.54, 1.807) is 23.5 Å². The highest BCUT2D eigenvalue weighted by atomic mass is 32.2. The van der Waals surface area contributed by atoms with Gasteiger partial charge in [0.1, 0.15) is 22.4 Å². The first-order valence-corrected chi connectivity index (χ1v) is 13.7. The van der Waals surface area contributed by atoms with Crippen molar-refractivity contribution in [1.82, 2.24) is 0 Å². The summed E-state index contributed by atoms with van der Waals surface area (Å²) in [6, 6.07) is 12.9. The number of thioether (sulfide) groups is 2. The highest BCUT2D eigenvalue weighted by Crippen LogP contribution is 2.85. The first-order chi connectivity index (χ1) is 15.5. The van der Waals surface area contributed by atoms with E-state index in [2.05, 4.69) is 32.9 Å². The van der Waals surface area contributed by atoms with Crippen molar-refractivity contribution in [2.24, 2.45) is 21.6 Å². The lowest BCUT2D eigenvalue weighted by Crippen LogP contribution is -2.32. The zero-order chi connectivity index (χ0) is 23.2. The summed E-state index contributed by atoms with van der Waals surface area (Å²) in [5.74, 6) is 2.60. The molecule has 0 radical (unpaired) electrons. The van der Waals surface area contributed by atoms with Gasteiger partial charge >= 0.3 is 0 Å². The smallest absolute Gasteiger partial charge is 0.175 e. The summed E-state index contributed by atoms with van der Waals surface area (Å²) in [5, 5.41) is 20.8. The number of nitriles is 2. The van der Waals surface area contributed by atoms with Crippen LogP contribution in [0.4, 0.5) is 0 Å². The molecular formula is C25H34N4OS2. The minimum atomic E-state index is -1.06. The van der Waals surface area contributed by atoms with Crippen molar-refractivity contribution >= 4 is 29.4 Å². The number of rotatable bonds is 13. The minimum Gasteiger partial charge on any atom is -0.494 e. The van der Waals surface area contributed by atoms with Gasteiger partial charge in [-0.15, -0.1) is 23.5 Å². The highest BCUT2D eigenvalue weighted by Gasteiger charge is 2.91. The molecule has 5 nitrogen and oxygen atoms in total. The molecule has 2 N–H and O–H groups in total. The van der Waals surface area contributed by atoms with Gasteiger partial charge in [0.15, 0.2) is 4.20 Å². The lowest BCUT2D eigenvalue weighted by molar-refractivity contribution is 0.305. The Bertz CT molecular complexity index is 896. The molecule has 2 aliphatic rings. The van der Waals surface area contributed by atoms with Crippen molar-refractivity contribution in [3.05, 3.63) is 29.8 Å². The SMILES string of the molecule is CCCCCCOc1ccc(C2C3(C#N)C(N)=NC(SCCC)(SCCC)C23C#N)cc1. The standard InChI is InChI=1S/C25H34N4OS2/c1-4-7-8-9-14-30-20-12-10-19(11-13-20)21-23(17-26)22(28)29-25(31-15-5-2,32-16-6-3)24(21,23)18-27/h10-13,21H,4-9,14-16H2,1-3H3,(H2,28,29). The zero-order valence-corrected chi connectivity index (χ0v) is 21.0. The quantitative estimate of drug-likeness (QED) is 0.277. The van der Waals surface area contributed by atoms with Gasteiger partial charge in [0.2, 0.25) is 0 Å². The summed E-state index contributed by atoms with van der Waals surface area (Å²) in [4.78, 5) is 4.82. The fraction of sp³-hybridized carbons (Fsp3) is 0.640. The average molecular weight is 471 g/mol. The maximum Gasteiger partial charge on any atom is 0.175 e. The summed E-state index contributed by atoms with van der Waals surface area (Å²) in [7, 11) is 0. The number of nitrogens with zero attached hydrogens (tertiary/aromatic N) is 3. The number of ether oxygens (including phenoxy) is 1. The molecule has 3 unspecified atom stereocenters. The molecular weight excluding hydrogens is 436 g/mol. The Morgan fingerprint density at radius 1 is 0.969 bits per heavy atom. The lowest BCUT2D eigenvalue weighted by Gasteiger charge is -2.32. The van der Waals surface area contributed by atoms with Crippen molar-refractivity contribution in [2.75, 3.05) is 18.1 Å². The number of fused-ring (bicyclic) bond motifs is 1. The van der Waals surface area contributed by atoms with Crippen LogP contribution in [-0.2, 0) is 0 Å². The molecule has 1 heterocycles. The Kier molecular flexibility index (Phi) is 8.06. The zero-order valence-electron chi connectivity index (χ0n) is 19.4. The third-order valence-corrected chi connectivity index (χ3v) is 9.95. The number of hydrogen-bond acceptors (Lipinski definition) is 7. The monoisotopic (exact) mass is 470 g/mol. The van der Waals surface area contributed by atoms with Crippen molar-refractivity contribution in [1.29, 1.82) is 10.5 Å². The summed E-state index contributed by atoms with van der Waals surface area (Å²) in [5.41, 5.74) is 5.37. The van der Waals surface area contributed by atoms with Gasteiger partial charge < -0.3 is 10.5 Å². The third-order valence-electron chi connectivity index (χ3n) is 6.41. The predicted octanol–water partition coefficient (Wildman–Crippen LogP) is 6.07. The van der Waals surface area contributed by atoms with E-state index in [9.17, 15) is 10.5 Å². The number of amidine groups is 1. The van der Waals surface area contributed by atoms with Crippen molar-refractivity contribution in [3.8, 4) is 17.9 Å². The van der Waals surface area contributed by atoms with E-state index in [1.807, 2.05) is 24.3 Å². The van der Waals surface area contributed by atoms with Crippen LogP contribution in [0.1, 0.15) is 70.8 Å². The Morgan fingerprint density at radius 3 is 2.16 bits per heavy atom. The van der Waals surface area contributed by atoms with Crippen LogP contribution >= 0.6 is 23.5 Å². The summed E-state index contributed by atoms with van der Waals surface area (Å²) < 4.78 is 5.14. The maximum absolute atomic E-state index is 10.5. The Morgan fingerprint density at radius 2 is 1.62 bits per heavy atom. The number of hydrogen-bond donors (Lipinski definition) is 1. The normalized spacial score (nSPS) is 27.2. The molecule has 0 bridgehead atoms. The summed E-state index contributed by atoms with van der Waals surface area (Å²) in [6.45, 7) is 7.14. The van der Waals surface area contributed by atoms with Gasteiger partial charge in [-0.1, -0.05) is 52.2 Å². The van der Waals surface area contributed by atoms with Gasteiger partial charge in [-0.2, -0.15) is 10.5 Å². The van der Waals surface area contributed by atoms with Crippen LogP contribution in [0.2, 0.25) is 0 Å². The molecule has 3 rings (SSSR count). The molecule has 1 aromatic carbocycles. The van der Waals surface area contributed by atoms with Crippen molar-refractivity contribution in [3.63, 3.8) is 0 Å². The van der Waals surface area contributed by atoms with E-state index in [-0.39, 0.29) is 5.92 Å². The van der Waals surface area contributed by atoms with Crippen LogP contribution in [0, 0.1) is 33.5 Å². The lowest BCUT2D eigenvalue weighted by atomic mass is 9.97. The van der Waals surface area contributed by atoms with Crippen LogP contribution in [0.3, 0.4) is 0 Å². The molecule has 0 saturated heterocycles. The molecule has 1 aliphatic heterocycles. The van der Waals surface area contributed by atoms with Crippen LogP contribution in [0.5, 0.6) is 5.75 Å². The number of nitrogens with two attached hydrogens (primary N) is 1. The Labute approximate surface area is 201 Å². The van der Waals surface area contributed by atoms with Crippen LogP contribution in [-0.4, -0.2) is 28.2 Å². The fourth-order valence-corrected chi connectivity index (χ4v) is 8.04. The van der Waals surface area contributed by atoms with Gasteiger partial charge in [0.25, 0.3) is 0 Å². The van der Waals surface area contributed by atoms with Gasteiger partial charge in [0.05, 0.1) is 18.7 Å². The second kappa shape index (κ2) is 10.4. The van der Waals surface area contributed by atoms with Crippen LogP contribution in [0.15, 0.2) is 29.3 Å². The molecule has 3 atom stereocenters. The molecule has 1 saturated carbocycles. The predicted molar refractivity (Wildman–Crippen MR) is 135 cm³/mol.